The second-order valence-corrected chi connectivity index (χ2v) is 10.3. The lowest BCUT2D eigenvalue weighted by atomic mass is 9.77. The lowest BCUT2D eigenvalue weighted by molar-refractivity contribution is -0.121. The minimum Gasteiger partial charge on any atom is -0.481 e. The van der Waals surface area contributed by atoms with Crippen LogP contribution in [-0.4, -0.2) is 64.8 Å². The van der Waals surface area contributed by atoms with E-state index in [0.717, 1.165) is 12.8 Å². The quantitative estimate of drug-likeness (QED) is 0.641. The summed E-state index contributed by atoms with van der Waals surface area (Å²) < 4.78 is 18.4. The number of hydrogen-bond donors (Lipinski definition) is 2. The lowest BCUT2D eigenvalue weighted by Gasteiger charge is -2.53. The Kier molecular flexibility index (Phi) is 6.56. The van der Waals surface area contributed by atoms with Gasteiger partial charge in [0, 0.05) is 28.9 Å². The van der Waals surface area contributed by atoms with Crippen molar-refractivity contribution in [2.75, 3.05) is 42.4 Å². The first-order chi connectivity index (χ1) is 16.5. The van der Waals surface area contributed by atoms with Crippen LogP contribution in [0.25, 0.3) is 0 Å². The number of amides is 1. The van der Waals surface area contributed by atoms with Crippen molar-refractivity contribution in [1.82, 2.24) is 14.9 Å². The molecular formula is C25H32FN7O2. The van der Waals surface area contributed by atoms with Gasteiger partial charge in [-0.25, -0.2) is 9.37 Å². The molecule has 2 aliphatic rings. The van der Waals surface area contributed by atoms with E-state index >= 15 is 0 Å². The average molecular weight is 482 g/mol. The number of hydrogen-bond acceptors (Lipinski definition) is 8. The van der Waals surface area contributed by atoms with Crippen LogP contribution in [0.5, 0.6) is 5.75 Å². The van der Waals surface area contributed by atoms with Crippen molar-refractivity contribution in [3.05, 3.63) is 30.0 Å². The molecule has 0 aliphatic carbocycles. The highest BCUT2D eigenvalue weighted by molar-refractivity contribution is 5.98. The molecule has 1 fully saturated rings. The molecule has 0 atom stereocenters. The summed E-state index contributed by atoms with van der Waals surface area (Å²) in [7, 11) is 2.15. The van der Waals surface area contributed by atoms with Gasteiger partial charge >= 0.3 is 0 Å². The van der Waals surface area contributed by atoms with Crippen LogP contribution >= 0.6 is 0 Å². The van der Waals surface area contributed by atoms with Gasteiger partial charge in [0.05, 0.1) is 18.4 Å². The van der Waals surface area contributed by atoms with Crippen LogP contribution in [0.1, 0.15) is 46.1 Å². The topological polar surface area (TPSA) is 106 Å². The van der Waals surface area contributed by atoms with E-state index < -0.39 is 6.67 Å². The van der Waals surface area contributed by atoms with Gasteiger partial charge in [-0.2, -0.15) is 10.2 Å². The molecule has 3 heterocycles. The molecule has 1 amide bonds. The summed E-state index contributed by atoms with van der Waals surface area (Å²) in [6.07, 6.45) is 3.31. The molecule has 2 aliphatic heterocycles. The minimum atomic E-state index is -0.633. The summed E-state index contributed by atoms with van der Waals surface area (Å²) in [5.41, 5.74) is 1.52. The number of fused-ring (bicyclic) bond motifs is 1. The van der Waals surface area contributed by atoms with Crippen LogP contribution < -0.4 is 20.3 Å². The molecule has 10 heteroatoms. The van der Waals surface area contributed by atoms with Crippen molar-refractivity contribution in [3.8, 4) is 11.8 Å². The zero-order chi connectivity index (χ0) is 25.4. The standard InChI is InChI=1S/C25H32FN7O2/c1-24(2)11-18(12-25(3,4)32(24)5)29-22-16(13-27)14-28-23(31-22)30-17-6-7-19-20(10-17)35-15-21(34)33(19)9-8-26/h6-7,10,14,18H,8-9,11-12,15H2,1-5H3,(H2,28,29,30,31). The van der Waals surface area contributed by atoms with Crippen molar-refractivity contribution < 1.29 is 13.9 Å². The van der Waals surface area contributed by atoms with E-state index in [1.165, 1.54) is 11.1 Å². The van der Waals surface area contributed by atoms with Gasteiger partial charge in [-0.1, -0.05) is 0 Å². The number of benzene rings is 1. The van der Waals surface area contributed by atoms with Crippen LogP contribution in [0.3, 0.4) is 0 Å². The highest BCUT2D eigenvalue weighted by Crippen LogP contribution is 2.38. The molecule has 9 nitrogen and oxygen atoms in total. The number of nitrogens with zero attached hydrogens (tertiary/aromatic N) is 5. The number of alkyl halides is 1. The number of aromatic nitrogens is 2. The Hall–Kier alpha value is -3.45. The van der Waals surface area contributed by atoms with Crippen LogP contribution in [0.4, 0.5) is 27.5 Å². The predicted molar refractivity (Wildman–Crippen MR) is 133 cm³/mol. The molecule has 2 N–H and O–H groups in total. The van der Waals surface area contributed by atoms with Gasteiger partial charge in [-0.15, -0.1) is 0 Å². The fraction of sp³-hybridized carbons (Fsp3) is 0.520. The van der Waals surface area contributed by atoms with E-state index in [9.17, 15) is 14.4 Å². The van der Waals surface area contributed by atoms with Gasteiger partial charge in [0.2, 0.25) is 5.95 Å². The number of nitrogens with one attached hydrogen (secondary N) is 2. The molecule has 35 heavy (non-hydrogen) atoms. The molecule has 4 rings (SSSR count). The third-order valence-corrected chi connectivity index (χ3v) is 7.02. The molecule has 0 bridgehead atoms. The Morgan fingerprint density at radius 2 is 1.97 bits per heavy atom. The van der Waals surface area contributed by atoms with Gasteiger partial charge in [0.15, 0.2) is 6.61 Å². The molecule has 1 aromatic carbocycles. The normalized spacial score (nSPS) is 19.5. The number of carbonyl (C=O) groups is 1. The van der Waals surface area contributed by atoms with E-state index in [2.05, 4.69) is 66.3 Å². The number of rotatable bonds is 6. The molecule has 2 aromatic rings. The van der Waals surface area contributed by atoms with Crippen molar-refractivity contribution in [2.24, 2.45) is 0 Å². The third-order valence-electron chi connectivity index (χ3n) is 7.02. The van der Waals surface area contributed by atoms with Crippen molar-refractivity contribution >= 4 is 29.0 Å². The van der Waals surface area contributed by atoms with Crippen molar-refractivity contribution in [3.63, 3.8) is 0 Å². The van der Waals surface area contributed by atoms with Crippen molar-refractivity contribution in [2.45, 2.75) is 57.7 Å². The van der Waals surface area contributed by atoms with Crippen molar-refractivity contribution in [1.29, 1.82) is 5.26 Å². The molecule has 0 radical (unpaired) electrons. The smallest absolute Gasteiger partial charge is 0.265 e. The molecule has 0 spiro atoms. The number of ether oxygens (including phenoxy) is 1. The fourth-order valence-corrected chi connectivity index (χ4v) is 5.04. The monoisotopic (exact) mass is 481 g/mol. The number of carbonyl (C=O) groups excluding carboxylic acids is 1. The third kappa shape index (κ3) is 5.00. The van der Waals surface area contributed by atoms with Gasteiger partial charge in [-0.3, -0.25) is 9.69 Å². The zero-order valence-corrected chi connectivity index (χ0v) is 20.9. The first-order valence-electron chi connectivity index (χ1n) is 11.7. The first-order valence-corrected chi connectivity index (χ1v) is 11.7. The molecular weight excluding hydrogens is 449 g/mol. The Labute approximate surface area is 205 Å². The molecule has 186 valence electrons. The highest BCUT2D eigenvalue weighted by atomic mass is 19.1. The Bertz CT molecular complexity index is 1140. The second-order valence-electron chi connectivity index (χ2n) is 10.3. The zero-order valence-electron chi connectivity index (χ0n) is 20.9. The van der Waals surface area contributed by atoms with E-state index in [0.29, 0.717) is 34.5 Å². The minimum absolute atomic E-state index is 0.0130. The summed E-state index contributed by atoms with van der Waals surface area (Å²) in [5, 5.41) is 16.3. The molecule has 0 saturated carbocycles. The fourth-order valence-electron chi connectivity index (χ4n) is 5.04. The van der Waals surface area contributed by atoms with E-state index in [4.69, 9.17) is 4.74 Å². The average Bonchev–Trinajstić information content (AvgIpc) is 2.79. The number of piperidine rings is 1. The number of likely N-dealkylation sites (tertiary alicyclic amines) is 1. The van der Waals surface area contributed by atoms with Gasteiger partial charge in [0.1, 0.15) is 29.9 Å². The maximum absolute atomic E-state index is 12.9. The molecule has 1 aromatic heterocycles. The van der Waals surface area contributed by atoms with Gasteiger partial charge in [0.25, 0.3) is 5.91 Å². The van der Waals surface area contributed by atoms with Crippen LogP contribution in [-0.2, 0) is 4.79 Å². The van der Waals surface area contributed by atoms with Gasteiger partial charge < -0.3 is 20.3 Å². The second kappa shape index (κ2) is 9.30. The summed E-state index contributed by atoms with van der Waals surface area (Å²) in [4.78, 5) is 24.7. The van der Waals surface area contributed by atoms with Gasteiger partial charge in [-0.05, 0) is 59.7 Å². The Morgan fingerprint density at radius 1 is 1.26 bits per heavy atom. The first kappa shape index (κ1) is 24.7. The van der Waals surface area contributed by atoms with Crippen LogP contribution in [0.15, 0.2) is 24.4 Å². The van der Waals surface area contributed by atoms with E-state index in [-0.39, 0.29) is 36.2 Å². The SMILES string of the molecule is CN1C(C)(C)CC(Nc2nc(Nc3ccc4c(c3)OCC(=O)N4CCF)ncc2C#N)CC1(C)C. The predicted octanol–water partition coefficient (Wildman–Crippen LogP) is 3.85. The van der Waals surface area contributed by atoms with Crippen LogP contribution in [0, 0.1) is 11.3 Å². The summed E-state index contributed by atoms with van der Waals surface area (Å²) in [5.74, 6) is 1.01. The number of halogens is 1. The Morgan fingerprint density at radius 3 is 2.63 bits per heavy atom. The van der Waals surface area contributed by atoms with Crippen LogP contribution in [0.2, 0.25) is 0 Å². The summed E-state index contributed by atoms with van der Waals surface area (Å²) in [6, 6.07) is 7.50. The summed E-state index contributed by atoms with van der Waals surface area (Å²) in [6.45, 7) is 8.11. The lowest BCUT2D eigenvalue weighted by Crippen LogP contribution is -2.61. The number of anilines is 4. The molecule has 0 unspecified atom stereocenters. The van der Waals surface area contributed by atoms with E-state index in [1.807, 2.05) is 0 Å². The highest BCUT2D eigenvalue weighted by Gasteiger charge is 2.43. The Balaban J connectivity index is 1.55. The molecule has 1 saturated heterocycles. The maximum Gasteiger partial charge on any atom is 0.265 e. The maximum atomic E-state index is 12.9. The van der Waals surface area contributed by atoms with E-state index in [1.54, 1.807) is 18.2 Å². The largest absolute Gasteiger partial charge is 0.481 e. The number of nitriles is 1. The summed E-state index contributed by atoms with van der Waals surface area (Å²) >= 11 is 0.